The fraction of sp³-hybridized carbons (Fsp3) is 0.0727. The average Bonchev–Trinajstić information content (AvgIpc) is 3.72. The van der Waals surface area contributed by atoms with Gasteiger partial charge in [0.15, 0.2) is 17.5 Å². The second kappa shape index (κ2) is 13.2. The fourth-order valence-electron chi connectivity index (χ4n) is 9.63. The van der Waals surface area contributed by atoms with E-state index in [9.17, 15) is 0 Å². The van der Waals surface area contributed by atoms with E-state index in [0.717, 1.165) is 16.7 Å². The quantitative estimate of drug-likeness (QED) is 0.170. The lowest BCUT2D eigenvalue weighted by atomic mass is 9.67. The molecule has 0 spiro atoms. The first-order valence-corrected chi connectivity index (χ1v) is 20.0. The maximum atomic E-state index is 5.15. The fourth-order valence-corrected chi connectivity index (χ4v) is 9.63. The molecular formula is C55H39N3. The van der Waals surface area contributed by atoms with Gasteiger partial charge in [-0.25, -0.2) is 15.0 Å². The molecule has 58 heavy (non-hydrogen) atoms. The van der Waals surface area contributed by atoms with Crippen molar-refractivity contribution in [3.63, 3.8) is 0 Å². The summed E-state index contributed by atoms with van der Waals surface area (Å²) in [5, 5.41) is 0. The van der Waals surface area contributed by atoms with E-state index in [-0.39, 0.29) is 5.41 Å². The van der Waals surface area contributed by atoms with Crippen molar-refractivity contribution in [2.75, 3.05) is 0 Å². The van der Waals surface area contributed by atoms with Crippen LogP contribution in [0.1, 0.15) is 47.2 Å². The van der Waals surface area contributed by atoms with Gasteiger partial charge in [-0.05, 0) is 85.0 Å². The summed E-state index contributed by atoms with van der Waals surface area (Å²) in [4.78, 5) is 15.3. The van der Waals surface area contributed by atoms with Gasteiger partial charge in [-0.15, -0.1) is 0 Å². The molecule has 0 unspecified atom stereocenters. The maximum Gasteiger partial charge on any atom is 0.164 e. The summed E-state index contributed by atoms with van der Waals surface area (Å²) in [7, 11) is 0. The molecule has 2 aliphatic rings. The standard InChI is InChI=1S/C55H39N3/c1-54(2)47-26-16-15-25-43(47)44-30-27-38(33-48(44)54)39-28-31-45-46-32-29-40(53-57-51(36-17-7-3-8-18-36)56-52(58-53)37-19-9-4-10-20-37)35-50(46)55(49(45)34-39,41-21-11-5-12-22-41)42-23-13-6-14-24-42/h3-35H,1-2H3. The van der Waals surface area contributed by atoms with Crippen LogP contribution in [0.2, 0.25) is 0 Å². The highest BCUT2D eigenvalue weighted by atomic mass is 15.0. The minimum Gasteiger partial charge on any atom is -0.208 e. The number of hydrogen-bond acceptors (Lipinski definition) is 3. The van der Waals surface area contributed by atoms with Gasteiger partial charge in [-0.3, -0.25) is 0 Å². The summed E-state index contributed by atoms with van der Waals surface area (Å²) in [5.74, 6) is 1.94. The summed E-state index contributed by atoms with van der Waals surface area (Å²) < 4.78 is 0. The van der Waals surface area contributed by atoms with Crippen molar-refractivity contribution in [3.05, 3.63) is 234 Å². The number of benzene rings is 8. The van der Waals surface area contributed by atoms with Crippen molar-refractivity contribution in [1.82, 2.24) is 15.0 Å². The van der Waals surface area contributed by atoms with Crippen LogP contribution in [-0.4, -0.2) is 15.0 Å². The van der Waals surface area contributed by atoms with E-state index in [0.29, 0.717) is 17.5 Å². The third kappa shape index (κ3) is 5.17. The lowest BCUT2D eigenvalue weighted by Crippen LogP contribution is -2.28. The smallest absolute Gasteiger partial charge is 0.164 e. The van der Waals surface area contributed by atoms with Gasteiger partial charge in [0.1, 0.15) is 0 Å². The zero-order chi connectivity index (χ0) is 38.8. The van der Waals surface area contributed by atoms with Crippen LogP contribution in [0.4, 0.5) is 0 Å². The molecular weight excluding hydrogens is 703 g/mol. The first kappa shape index (κ1) is 34.1. The van der Waals surface area contributed by atoms with E-state index in [1.165, 1.54) is 66.8 Å². The Morgan fingerprint density at radius 3 is 1.17 bits per heavy atom. The Morgan fingerprint density at radius 1 is 0.293 bits per heavy atom. The summed E-state index contributed by atoms with van der Waals surface area (Å²) >= 11 is 0. The van der Waals surface area contributed by atoms with Gasteiger partial charge in [-0.2, -0.15) is 0 Å². The first-order valence-electron chi connectivity index (χ1n) is 20.0. The Balaban J connectivity index is 1.13. The molecule has 0 fully saturated rings. The molecule has 0 saturated carbocycles. The molecule has 3 nitrogen and oxygen atoms in total. The van der Waals surface area contributed by atoms with Gasteiger partial charge in [0.25, 0.3) is 0 Å². The zero-order valence-corrected chi connectivity index (χ0v) is 32.4. The second-order valence-electron chi connectivity index (χ2n) is 16.0. The van der Waals surface area contributed by atoms with Gasteiger partial charge < -0.3 is 0 Å². The molecule has 0 amide bonds. The second-order valence-corrected chi connectivity index (χ2v) is 16.0. The van der Waals surface area contributed by atoms with Crippen LogP contribution in [-0.2, 0) is 10.8 Å². The maximum absolute atomic E-state index is 5.15. The number of nitrogens with zero attached hydrogens (tertiary/aromatic N) is 3. The molecule has 0 atom stereocenters. The largest absolute Gasteiger partial charge is 0.208 e. The molecule has 0 aliphatic heterocycles. The average molecular weight is 742 g/mol. The number of aromatic nitrogens is 3. The highest BCUT2D eigenvalue weighted by molar-refractivity contribution is 5.91. The van der Waals surface area contributed by atoms with E-state index in [4.69, 9.17) is 15.0 Å². The first-order chi connectivity index (χ1) is 28.5. The van der Waals surface area contributed by atoms with E-state index in [1.54, 1.807) is 0 Å². The highest BCUT2D eigenvalue weighted by Crippen LogP contribution is 2.58. The molecule has 1 aromatic heterocycles. The van der Waals surface area contributed by atoms with Crippen molar-refractivity contribution in [3.8, 4) is 67.5 Å². The molecule has 274 valence electrons. The molecule has 0 radical (unpaired) electrons. The SMILES string of the molecule is CC1(C)c2ccccc2-c2ccc(-c3ccc4c(c3)C(c3ccccc3)(c3ccccc3)c3cc(-c5nc(-c6ccccc6)nc(-c6ccccc6)n5)ccc3-4)cc21. The van der Waals surface area contributed by atoms with Gasteiger partial charge in [0, 0.05) is 22.1 Å². The summed E-state index contributed by atoms with van der Waals surface area (Å²) in [6.07, 6.45) is 0. The molecule has 0 bridgehead atoms. The summed E-state index contributed by atoms with van der Waals surface area (Å²) in [6, 6.07) is 72.2. The predicted molar refractivity (Wildman–Crippen MR) is 236 cm³/mol. The van der Waals surface area contributed by atoms with Gasteiger partial charge in [0.05, 0.1) is 5.41 Å². The lowest BCUT2D eigenvalue weighted by molar-refractivity contribution is 0.660. The Morgan fingerprint density at radius 2 is 0.655 bits per heavy atom. The third-order valence-corrected chi connectivity index (χ3v) is 12.4. The third-order valence-electron chi connectivity index (χ3n) is 12.4. The van der Waals surface area contributed by atoms with Crippen LogP contribution < -0.4 is 0 Å². The minimum absolute atomic E-state index is 0.0844. The Bertz CT molecular complexity index is 2910. The monoisotopic (exact) mass is 741 g/mol. The van der Waals surface area contributed by atoms with Crippen molar-refractivity contribution in [2.24, 2.45) is 0 Å². The Kier molecular flexibility index (Phi) is 7.74. The predicted octanol–water partition coefficient (Wildman–Crippen LogP) is 13.2. The molecule has 8 aromatic carbocycles. The van der Waals surface area contributed by atoms with Crippen molar-refractivity contribution >= 4 is 0 Å². The molecule has 9 aromatic rings. The van der Waals surface area contributed by atoms with Crippen molar-refractivity contribution < 1.29 is 0 Å². The van der Waals surface area contributed by atoms with E-state index < -0.39 is 5.41 Å². The molecule has 11 rings (SSSR count). The number of fused-ring (bicyclic) bond motifs is 6. The van der Waals surface area contributed by atoms with Gasteiger partial charge in [0.2, 0.25) is 0 Å². The minimum atomic E-state index is -0.608. The van der Waals surface area contributed by atoms with Crippen molar-refractivity contribution in [2.45, 2.75) is 24.7 Å². The normalized spacial score (nSPS) is 14.0. The van der Waals surface area contributed by atoms with E-state index in [2.05, 4.69) is 178 Å². The molecule has 0 saturated heterocycles. The molecule has 1 heterocycles. The van der Waals surface area contributed by atoms with Crippen LogP contribution >= 0.6 is 0 Å². The number of hydrogen-bond donors (Lipinski definition) is 0. The van der Waals surface area contributed by atoms with E-state index >= 15 is 0 Å². The molecule has 2 aliphatic carbocycles. The molecule has 3 heteroatoms. The highest BCUT2D eigenvalue weighted by Gasteiger charge is 2.46. The van der Waals surface area contributed by atoms with E-state index in [1.807, 2.05) is 36.4 Å². The topological polar surface area (TPSA) is 38.7 Å². The van der Waals surface area contributed by atoms with Crippen LogP contribution in [0.25, 0.3) is 67.5 Å². The van der Waals surface area contributed by atoms with Gasteiger partial charge >= 0.3 is 0 Å². The van der Waals surface area contributed by atoms with Gasteiger partial charge in [-0.1, -0.05) is 196 Å². The van der Waals surface area contributed by atoms with Crippen LogP contribution in [0.5, 0.6) is 0 Å². The summed E-state index contributed by atoms with van der Waals surface area (Å²) in [6.45, 7) is 4.71. The lowest BCUT2D eigenvalue weighted by Gasteiger charge is -2.34. The van der Waals surface area contributed by atoms with Crippen LogP contribution in [0.15, 0.2) is 200 Å². The zero-order valence-electron chi connectivity index (χ0n) is 32.4. The Labute approximate surface area is 339 Å². The summed E-state index contributed by atoms with van der Waals surface area (Å²) in [5.41, 5.74) is 17.4. The number of rotatable bonds is 6. The van der Waals surface area contributed by atoms with Crippen molar-refractivity contribution in [1.29, 1.82) is 0 Å². The molecule has 0 N–H and O–H groups in total. The van der Waals surface area contributed by atoms with Crippen LogP contribution in [0.3, 0.4) is 0 Å². The Hall–Kier alpha value is -7.23. The van der Waals surface area contributed by atoms with Crippen LogP contribution in [0, 0.1) is 0 Å².